The Balaban J connectivity index is 0.000000152. The van der Waals surface area contributed by atoms with Crippen molar-refractivity contribution in [2.45, 2.75) is 19.1 Å². The Labute approximate surface area is 159 Å². The number of hydrogen-bond donors (Lipinski definition) is 3. The minimum absolute atomic E-state index is 0.332. The Kier molecular flexibility index (Phi) is 6.03. The van der Waals surface area contributed by atoms with Crippen LogP contribution in [0.5, 0.6) is 0 Å². The topological polar surface area (TPSA) is 89.5 Å². The Morgan fingerprint density at radius 1 is 1.27 bits per heavy atom. The van der Waals surface area contributed by atoms with Crippen LogP contribution in [0.25, 0.3) is 11.0 Å². The molecule has 4 rings (SSSR count). The number of halogens is 1. The molecule has 0 fully saturated rings. The predicted octanol–water partition coefficient (Wildman–Crippen LogP) is 2.55. The second-order valence-electron chi connectivity index (χ2n) is 6.08. The SMILES string of the molecule is O=CN1CCc2ccccc2C1.OC[C@@H](O)c1nc2ccc(Br)cc2[nH]1. The van der Waals surface area contributed by atoms with Gasteiger partial charge in [-0.15, -0.1) is 0 Å². The lowest BCUT2D eigenvalue weighted by Gasteiger charge is -2.24. The number of rotatable bonds is 3. The molecular formula is C19H20BrN3O3. The molecule has 3 aromatic rings. The molecule has 1 aromatic heterocycles. The number of aliphatic hydroxyl groups excluding tert-OH is 2. The number of carbonyl (C=O) groups is 1. The van der Waals surface area contributed by atoms with Gasteiger partial charge in [-0.05, 0) is 35.7 Å². The zero-order valence-corrected chi connectivity index (χ0v) is 15.7. The zero-order chi connectivity index (χ0) is 18.5. The van der Waals surface area contributed by atoms with Gasteiger partial charge in [-0.25, -0.2) is 4.98 Å². The first-order valence-electron chi connectivity index (χ1n) is 8.31. The Bertz CT molecular complexity index is 897. The minimum atomic E-state index is -0.943. The molecule has 1 amide bonds. The third-order valence-corrected chi connectivity index (χ3v) is 4.75. The lowest BCUT2D eigenvalue weighted by molar-refractivity contribution is -0.118. The Morgan fingerprint density at radius 3 is 2.77 bits per heavy atom. The normalized spacial score (nSPS) is 14.3. The number of aliphatic hydroxyl groups is 2. The molecule has 3 N–H and O–H groups in total. The molecule has 6 nitrogen and oxygen atoms in total. The maximum atomic E-state index is 10.5. The largest absolute Gasteiger partial charge is 0.393 e. The van der Waals surface area contributed by atoms with Crippen LogP contribution in [0.4, 0.5) is 0 Å². The molecule has 0 unspecified atom stereocenters. The van der Waals surface area contributed by atoms with E-state index in [9.17, 15) is 9.90 Å². The molecule has 136 valence electrons. The van der Waals surface area contributed by atoms with Crippen LogP contribution in [-0.2, 0) is 17.8 Å². The average Bonchev–Trinajstić information content (AvgIpc) is 3.10. The van der Waals surface area contributed by atoms with E-state index in [4.69, 9.17) is 5.11 Å². The van der Waals surface area contributed by atoms with Gasteiger partial charge in [-0.3, -0.25) is 4.79 Å². The molecule has 2 aromatic carbocycles. The van der Waals surface area contributed by atoms with Crippen molar-refractivity contribution >= 4 is 33.4 Å². The van der Waals surface area contributed by atoms with Crippen LogP contribution in [0.3, 0.4) is 0 Å². The van der Waals surface area contributed by atoms with Crippen molar-refractivity contribution in [3.8, 4) is 0 Å². The quantitative estimate of drug-likeness (QED) is 0.571. The number of nitrogens with one attached hydrogen (secondary N) is 1. The van der Waals surface area contributed by atoms with E-state index in [1.165, 1.54) is 11.1 Å². The number of carbonyl (C=O) groups excluding carboxylic acids is 1. The molecule has 0 aliphatic carbocycles. The number of aromatic amines is 1. The fourth-order valence-corrected chi connectivity index (χ4v) is 3.21. The van der Waals surface area contributed by atoms with Crippen molar-refractivity contribution in [3.63, 3.8) is 0 Å². The molecular weight excluding hydrogens is 398 g/mol. The first kappa shape index (κ1) is 18.6. The van der Waals surface area contributed by atoms with Crippen molar-refractivity contribution < 1.29 is 15.0 Å². The number of amides is 1. The molecule has 26 heavy (non-hydrogen) atoms. The predicted molar refractivity (Wildman–Crippen MR) is 102 cm³/mol. The summed E-state index contributed by atoms with van der Waals surface area (Å²) in [5.41, 5.74) is 4.28. The van der Waals surface area contributed by atoms with Crippen LogP contribution < -0.4 is 0 Å². The Morgan fingerprint density at radius 2 is 2.04 bits per heavy atom. The number of H-pyrrole nitrogens is 1. The van der Waals surface area contributed by atoms with E-state index in [1.807, 2.05) is 29.2 Å². The van der Waals surface area contributed by atoms with Crippen molar-refractivity contribution in [1.29, 1.82) is 0 Å². The van der Waals surface area contributed by atoms with Crippen molar-refractivity contribution in [2.24, 2.45) is 0 Å². The van der Waals surface area contributed by atoms with Crippen LogP contribution in [0, 0.1) is 0 Å². The van der Waals surface area contributed by atoms with E-state index in [0.717, 1.165) is 41.4 Å². The molecule has 0 bridgehead atoms. The summed E-state index contributed by atoms with van der Waals surface area (Å²) in [6, 6.07) is 13.9. The number of benzene rings is 2. The van der Waals surface area contributed by atoms with Gasteiger partial charge in [0.05, 0.1) is 17.6 Å². The van der Waals surface area contributed by atoms with E-state index in [0.29, 0.717) is 5.82 Å². The Hall–Kier alpha value is -2.22. The van der Waals surface area contributed by atoms with Gasteiger partial charge >= 0.3 is 0 Å². The van der Waals surface area contributed by atoms with Gasteiger partial charge < -0.3 is 20.1 Å². The molecule has 1 aliphatic heterocycles. The first-order chi connectivity index (χ1) is 12.6. The van der Waals surface area contributed by atoms with Gasteiger partial charge in [-0.1, -0.05) is 40.2 Å². The summed E-state index contributed by atoms with van der Waals surface area (Å²) in [7, 11) is 0. The van der Waals surface area contributed by atoms with E-state index in [2.05, 4.69) is 44.1 Å². The zero-order valence-electron chi connectivity index (χ0n) is 14.1. The summed E-state index contributed by atoms with van der Waals surface area (Å²) < 4.78 is 0.943. The third kappa shape index (κ3) is 4.30. The van der Waals surface area contributed by atoms with Crippen LogP contribution in [0.15, 0.2) is 46.9 Å². The smallest absolute Gasteiger partial charge is 0.210 e. The van der Waals surface area contributed by atoms with Crippen molar-refractivity contribution in [1.82, 2.24) is 14.9 Å². The molecule has 1 aliphatic rings. The lowest BCUT2D eigenvalue weighted by Crippen LogP contribution is -2.28. The fourth-order valence-electron chi connectivity index (χ4n) is 2.85. The van der Waals surface area contributed by atoms with Crippen molar-refractivity contribution in [2.75, 3.05) is 13.2 Å². The molecule has 7 heteroatoms. The molecule has 0 radical (unpaired) electrons. The second kappa shape index (κ2) is 8.44. The lowest BCUT2D eigenvalue weighted by atomic mass is 10.0. The van der Waals surface area contributed by atoms with Crippen LogP contribution in [-0.4, -0.2) is 44.6 Å². The van der Waals surface area contributed by atoms with Crippen LogP contribution in [0.1, 0.15) is 23.1 Å². The first-order valence-corrected chi connectivity index (χ1v) is 9.10. The van der Waals surface area contributed by atoms with E-state index < -0.39 is 6.10 Å². The van der Waals surface area contributed by atoms with Gasteiger partial charge in [0.15, 0.2) is 0 Å². The maximum Gasteiger partial charge on any atom is 0.210 e. The number of hydrogen-bond acceptors (Lipinski definition) is 4. The summed E-state index contributed by atoms with van der Waals surface area (Å²) >= 11 is 3.34. The summed E-state index contributed by atoms with van der Waals surface area (Å²) in [6.45, 7) is 1.31. The molecule has 0 saturated carbocycles. The average molecular weight is 418 g/mol. The number of aromatic nitrogens is 2. The third-order valence-electron chi connectivity index (χ3n) is 4.26. The monoisotopic (exact) mass is 417 g/mol. The van der Waals surface area contributed by atoms with E-state index >= 15 is 0 Å². The summed E-state index contributed by atoms with van der Waals surface area (Å²) in [5.74, 6) is 0.389. The van der Waals surface area contributed by atoms with Crippen LogP contribution in [0.2, 0.25) is 0 Å². The van der Waals surface area contributed by atoms with Crippen LogP contribution >= 0.6 is 15.9 Å². The molecule has 0 saturated heterocycles. The van der Waals surface area contributed by atoms with Gasteiger partial charge in [0, 0.05) is 17.6 Å². The number of fused-ring (bicyclic) bond motifs is 2. The number of imidazole rings is 1. The fraction of sp³-hybridized carbons (Fsp3) is 0.263. The van der Waals surface area contributed by atoms with Crippen molar-refractivity contribution in [3.05, 3.63) is 63.9 Å². The summed E-state index contributed by atoms with van der Waals surface area (Å²) in [6.07, 6.45) is 0.978. The molecule has 2 heterocycles. The van der Waals surface area contributed by atoms with Gasteiger partial charge in [0.25, 0.3) is 0 Å². The molecule has 1 atom stereocenters. The highest BCUT2D eigenvalue weighted by molar-refractivity contribution is 9.10. The highest BCUT2D eigenvalue weighted by atomic mass is 79.9. The minimum Gasteiger partial charge on any atom is -0.393 e. The van der Waals surface area contributed by atoms with Gasteiger partial charge in [-0.2, -0.15) is 0 Å². The highest BCUT2D eigenvalue weighted by Gasteiger charge is 2.13. The van der Waals surface area contributed by atoms with E-state index in [1.54, 1.807) is 0 Å². The van der Waals surface area contributed by atoms with Gasteiger partial charge in [0.1, 0.15) is 11.9 Å². The number of nitrogens with zero attached hydrogens (tertiary/aromatic N) is 2. The summed E-state index contributed by atoms with van der Waals surface area (Å²) in [4.78, 5) is 19.4. The summed E-state index contributed by atoms with van der Waals surface area (Å²) in [5, 5.41) is 18.1. The van der Waals surface area contributed by atoms with E-state index in [-0.39, 0.29) is 6.61 Å². The maximum absolute atomic E-state index is 10.5. The molecule has 0 spiro atoms. The van der Waals surface area contributed by atoms with Gasteiger partial charge in [0.2, 0.25) is 6.41 Å². The standard InChI is InChI=1S/C10H11NO.C9H9BrN2O2/c12-8-11-6-5-9-3-1-2-4-10(9)7-11;10-5-1-2-6-7(3-5)12-9(11-6)8(14)4-13/h1-4,8H,5-7H2;1-3,8,13-14H,4H2,(H,11,12)/t;8-/m.1/s1. The highest BCUT2D eigenvalue weighted by Crippen LogP contribution is 2.20. The second-order valence-corrected chi connectivity index (χ2v) is 6.99.